The highest BCUT2D eigenvalue weighted by Crippen LogP contribution is 2.43. The molecule has 5 heteroatoms. The number of aliphatic hydroxyl groups excluding tert-OH is 1. The number of aliphatic hydroxyl groups is 1. The number of halogens is 2. The van der Waals surface area contributed by atoms with Gasteiger partial charge in [-0.05, 0) is 6.07 Å². The van der Waals surface area contributed by atoms with E-state index >= 15 is 0 Å². The van der Waals surface area contributed by atoms with E-state index in [0.29, 0.717) is 28.9 Å². The Labute approximate surface area is 132 Å². The van der Waals surface area contributed by atoms with Crippen molar-refractivity contribution in [3.63, 3.8) is 0 Å². The third kappa shape index (κ3) is 2.53. The highest BCUT2D eigenvalue weighted by molar-refractivity contribution is 6.43. The van der Waals surface area contributed by atoms with Crippen LogP contribution in [0.5, 0.6) is 5.75 Å². The van der Waals surface area contributed by atoms with E-state index in [2.05, 4.69) is 0 Å². The summed E-state index contributed by atoms with van der Waals surface area (Å²) in [7, 11) is 0. The Bertz CT molecular complexity index is 698. The normalized spacial score (nSPS) is 16.4. The molecule has 1 unspecified atom stereocenters. The van der Waals surface area contributed by atoms with Gasteiger partial charge in [0.1, 0.15) is 16.9 Å². The predicted octanol–water partition coefficient (Wildman–Crippen LogP) is 3.52. The summed E-state index contributed by atoms with van der Waals surface area (Å²) >= 11 is 12.2. The Morgan fingerprint density at radius 1 is 1.29 bits per heavy atom. The molecule has 1 N–H and O–H groups in total. The summed E-state index contributed by atoms with van der Waals surface area (Å²) in [4.78, 5) is 12.6. The van der Waals surface area contributed by atoms with Gasteiger partial charge in [0.05, 0.1) is 11.6 Å². The first-order valence-corrected chi connectivity index (χ1v) is 7.25. The van der Waals surface area contributed by atoms with Gasteiger partial charge in [-0.1, -0.05) is 53.5 Å². The predicted molar refractivity (Wildman–Crippen MR) is 81.5 cm³/mol. The van der Waals surface area contributed by atoms with Gasteiger partial charge in [-0.2, -0.15) is 0 Å². The number of ketones is 1. The summed E-state index contributed by atoms with van der Waals surface area (Å²) in [5.41, 5.74) is 1.75. The summed E-state index contributed by atoms with van der Waals surface area (Å²) < 4.78 is 5.58. The lowest BCUT2D eigenvalue weighted by molar-refractivity contribution is 0.103. The standard InChI is InChI=1S/C16H12Cl2O3/c17-13-7-11(15(20)9-4-2-1-3-5-9)12-6-10(8-19)21-16(12)14(13)18/h1-5,7,10,19H,6,8H2. The number of carbonyl (C=O) groups excluding carboxylic acids is 1. The Kier molecular flexibility index (Phi) is 3.89. The summed E-state index contributed by atoms with van der Waals surface area (Å²) in [6.07, 6.45) is 0.0506. The van der Waals surface area contributed by atoms with Crippen LogP contribution in [0.4, 0.5) is 0 Å². The molecule has 3 nitrogen and oxygen atoms in total. The topological polar surface area (TPSA) is 46.5 Å². The largest absolute Gasteiger partial charge is 0.486 e. The van der Waals surface area contributed by atoms with Crippen LogP contribution in [0.15, 0.2) is 36.4 Å². The van der Waals surface area contributed by atoms with E-state index in [0.717, 1.165) is 0 Å². The number of hydrogen-bond acceptors (Lipinski definition) is 3. The zero-order valence-corrected chi connectivity index (χ0v) is 12.5. The van der Waals surface area contributed by atoms with Gasteiger partial charge in [0.15, 0.2) is 5.78 Å². The minimum Gasteiger partial charge on any atom is -0.486 e. The van der Waals surface area contributed by atoms with Crippen LogP contribution in [-0.2, 0) is 6.42 Å². The van der Waals surface area contributed by atoms with Crippen molar-refractivity contribution in [2.24, 2.45) is 0 Å². The van der Waals surface area contributed by atoms with Crippen LogP contribution in [0.3, 0.4) is 0 Å². The van der Waals surface area contributed by atoms with Crippen molar-refractivity contribution in [3.05, 3.63) is 63.1 Å². The fourth-order valence-electron chi connectivity index (χ4n) is 2.45. The molecule has 1 aliphatic heterocycles. The Hall–Kier alpha value is -1.55. The molecule has 0 saturated carbocycles. The number of rotatable bonds is 3. The maximum Gasteiger partial charge on any atom is 0.193 e. The number of hydrogen-bond donors (Lipinski definition) is 1. The number of ether oxygens (including phenoxy) is 1. The molecule has 0 saturated heterocycles. The van der Waals surface area contributed by atoms with Crippen LogP contribution in [0.25, 0.3) is 0 Å². The zero-order chi connectivity index (χ0) is 15.0. The third-order valence-electron chi connectivity index (χ3n) is 3.48. The quantitative estimate of drug-likeness (QED) is 0.879. The molecule has 0 spiro atoms. The molecule has 108 valence electrons. The Morgan fingerprint density at radius 2 is 2.00 bits per heavy atom. The second kappa shape index (κ2) is 5.68. The lowest BCUT2D eigenvalue weighted by Gasteiger charge is -2.10. The van der Waals surface area contributed by atoms with Gasteiger partial charge in [0.2, 0.25) is 0 Å². The molecule has 0 aromatic heterocycles. The molecule has 2 aromatic rings. The molecule has 0 aliphatic carbocycles. The second-order valence-corrected chi connectivity index (χ2v) is 5.63. The first kappa shape index (κ1) is 14.4. The van der Waals surface area contributed by atoms with E-state index in [1.807, 2.05) is 6.07 Å². The SMILES string of the molecule is O=C(c1ccccc1)c1cc(Cl)c(Cl)c2c1CC(CO)O2. The molecular weight excluding hydrogens is 311 g/mol. The lowest BCUT2D eigenvalue weighted by Crippen LogP contribution is -2.17. The number of benzene rings is 2. The van der Waals surface area contributed by atoms with Crippen molar-refractivity contribution < 1.29 is 14.6 Å². The first-order valence-electron chi connectivity index (χ1n) is 6.50. The van der Waals surface area contributed by atoms with Crippen LogP contribution in [0, 0.1) is 0 Å². The molecule has 0 amide bonds. The molecule has 1 atom stereocenters. The molecular formula is C16H12Cl2O3. The monoisotopic (exact) mass is 322 g/mol. The highest BCUT2D eigenvalue weighted by Gasteiger charge is 2.31. The van der Waals surface area contributed by atoms with Crippen LogP contribution in [0.2, 0.25) is 10.0 Å². The minimum absolute atomic E-state index is 0.132. The van der Waals surface area contributed by atoms with E-state index in [-0.39, 0.29) is 22.4 Å². The summed E-state index contributed by atoms with van der Waals surface area (Å²) in [5, 5.41) is 9.81. The molecule has 2 aromatic carbocycles. The minimum atomic E-state index is -0.390. The van der Waals surface area contributed by atoms with E-state index in [1.165, 1.54) is 0 Å². The average Bonchev–Trinajstić information content (AvgIpc) is 2.95. The summed E-state index contributed by atoms with van der Waals surface area (Å²) in [6.45, 7) is -0.137. The van der Waals surface area contributed by atoms with Crippen LogP contribution in [0.1, 0.15) is 21.5 Å². The molecule has 1 aliphatic rings. The van der Waals surface area contributed by atoms with Crippen molar-refractivity contribution in [1.82, 2.24) is 0 Å². The van der Waals surface area contributed by atoms with E-state index in [4.69, 9.17) is 27.9 Å². The van der Waals surface area contributed by atoms with Gasteiger partial charge < -0.3 is 9.84 Å². The average molecular weight is 323 g/mol. The lowest BCUT2D eigenvalue weighted by atomic mass is 9.96. The van der Waals surface area contributed by atoms with Gasteiger partial charge in [-0.25, -0.2) is 0 Å². The maximum absolute atomic E-state index is 12.6. The number of fused-ring (bicyclic) bond motifs is 1. The molecule has 0 fully saturated rings. The Morgan fingerprint density at radius 3 is 2.67 bits per heavy atom. The zero-order valence-electron chi connectivity index (χ0n) is 11.0. The van der Waals surface area contributed by atoms with Gasteiger partial charge >= 0.3 is 0 Å². The van der Waals surface area contributed by atoms with Crippen molar-refractivity contribution in [3.8, 4) is 5.75 Å². The Balaban J connectivity index is 2.11. The van der Waals surface area contributed by atoms with Crippen LogP contribution in [-0.4, -0.2) is 23.6 Å². The van der Waals surface area contributed by atoms with E-state index in [1.54, 1.807) is 30.3 Å². The van der Waals surface area contributed by atoms with E-state index in [9.17, 15) is 9.90 Å². The van der Waals surface area contributed by atoms with Crippen LogP contribution < -0.4 is 4.74 Å². The molecule has 21 heavy (non-hydrogen) atoms. The second-order valence-electron chi connectivity index (χ2n) is 4.85. The molecule has 0 bridgehead atoms. The van der Waals surface area contributed by atoms with Gasteiger partial charge in [0, 0.05) is 23.1 Å². The highest BCUT2D eigenvalue weighted by atomic mass is 35.5. The van der Waals surface area contributed by atoms with Crippen LogP contribution >= 0.6 is 23.2 Å². The fraction of sp³-hybridized carbons (Fsp3) is 0.188. The summed E-state index contributed by atoms with van der Waals surface area (Å²) in [5.74, 6) is 0.273. The van der Waals surface area contributed by atoms with Crippen molar-refractivity contribution >= 4 is 29.0 Å². The molecule has 0 radical (unpaired) electrons. The smallest absolute Gasteiger partial charge is 0.193 e. The van der Waals surface area contributed by atoms with Crippen molar-refractivity contribution in [2.75, 3.05) is 6.61 Å². The van der Waals surface area contributed by atoms with Crippen molar-refractivity contribution in [2.45, 2.75) is 12.5 Å². The maximum atomic E-state index is 12.6. The molecule has 3 rings (SSSR count). The molecule has 1 heterocycles. The van der Waals surface area contributed by atoms with Gasteiger partial charge in [0.25, 0.3) is 0 Å². The first-order chi connectivity index (χ1) is 10.1. The third-order valence-corrected chi connectivity index (χ3v) is 4.25. The van der Waals surface area contributed by atoms with Gasteiger partial charge in [-0.15, -0.1) is 0 Å². The van der Waals surface area contributed by atoms with E-state index < -0.39 is 6.10 Å². The van der Waals surface area contributed by atoms with Crippen molar-refractivity contribution in [1.29, 1.82) is 0 Å². The van der Waals surface area contributed by atoms with Gasteiger partial charge in [-0.3, -0.25) is 4.79 Å². The summed E-state index contributed by atoms with van der Waals surface area (Å²) in [6, 6.07) is 10.5. The number of carbonyl (C=O) groups is 1. The fourth-order valence-corrected chi connectivity index (χ4v) is 2.86.